The lowest BCUT2D eigenvalue weighted by Gasteiger charge is -2.32. The van der Waals surface area contributed by atoms with Crippen molar-refractivity contribution in [2.75, 3.05) is 13.1 Å². The minimum absolute atomic E-state index is 0.00827. The van der Waals surface area contributed by atoms with Gasteiger partial charge in [-0.2, -0.15) is 0 Å². The van der Waals surface area contributed by atoms with Gasteiger partial charge in [0.1, 0.15) is 0 Å². The SMILES string of the molecule is Cc1ccccc1CN1CCC(NC(=O)c2ccc([N+](=O)[O-])cc2)CC1. The molecule has 6 heteroatoms. The molecule has 1 saturated heterocycles. The molecule has 1 fully saturated rings. The molecule has 1 amide bonds. The van der Waals surface area contributed by atoms with Crippen molar-refractivity contribution in [2.24, 2.45) is 0 Å². The first kappa shape index (κ1) is 18.1. The summed E-state index contributed by atoms with van der Waals surface area (Å²) in [7, 11) is 0. The Labute approximate surface area is 153 Å². The molecule has 1 heterocycles. The van der Waals surface area contributed by atoms with Crippen molar-refractivity contribution in [3.05, 3.63) is 75.3 Å². The molecule has 0 unspecified atom stereocenters. The number of aryl methyl sites for hydroxylation is 1. The van der Waals surface area contributed by atoms with Crippen molar-refractivity contribution in [1.82, 2.24) is 10.2 Å². The number of rotatable bonds is 5. The van der Waals surface area contributed by atoms with Gasteiger partial charge in [-0.3, -0.25) is 19.8 Å². The summed E-state index contributed by atoms with van der Waals surface area (Å²) in [6, 6.07) is 14.3. The molecule has 0 aliphatic carbocycles. The zero-order valence-electron chi connectivity index (χ0n) is 14.9. The van der Waals surface area contributed by atoms with E-state index in [1.54, 1.807) is 0 Å². The number of piperidine rings is 1. The van der Waals surface area contributed by atoms with E-state index in [4.69, 9.17) is 0 Å². The fourth-order valence-corrected chi connectivity index (χ4v) is 3.27. The average Bonchev–Trinajstić information content (AvgIpc) is 2.65. The summed E-state index contributed by atoms with van der Waals surface area (Å²) >= 11 is 0. The van der Waals surface area contributed by atoms with Crippen molar-refractivity contribution < 1.29 is 9.72 Å². The fourth-order valence-electron chi connectivity index (χ4n) is 3.27. The number of nitrogens with zero attached hydrogens (tertiary/aromatic N) is 2. The second-order valence-corrected chi connectivity index (χ2v) is 6.75. The number of carbonyl (C=O) groups is 1. The smallest absolute Gasteiger partial charge is 0.269 e. The maximum absolute atomic E-state index is 12.3. The normalized spacial score (nSPS) is 15.6. The Hall–Kier alpha value is -2.73. The Kier molecular flexibility index (Phi) is 5.63. The highest BCUT2D eigenvalue weighted by Crippen LogP contribution is 2.17. The Balaban J connectivity index is 1.50. The maximum Gasteiger partial charge on any atom is 0.269 e. The van der Waals surface area contributed by atoms with Gasteiger partial charge in [0.05, 0.1) is 4.92 Å². The lowest BCUT2D eigenvalue weighted by molar-refractivity contribution is -0.384. The predicted octanol–water partition coefficient (Wildman–Crippen LogP) is 3.30. The third-order valence-electron chi connectivity index (χ3n) is 4.92. The van der Waals surface area contributed by atoms with Crippen LogP contribution in [0.1, 0.15) is 34.3 Å². The summed E-state index contributed by atoms with van der Waals surface area (Å²) in [6.45, 7) is 4.96. The fraction of sp³-hybridized carbons (Fsp3) is 0.350. The molecule has 1 N–H and O–H groups in total. The van der Waals surface area contributed by atoms with Crippen LogP contribution < -0.4 is 5.32 Å². The zero-order chi connectivity index (χ0) is 18.5. The van der Waals surface area contributed by atoms with Crippen LogP contribution in [0.2, 0.25) is 0 Å². The third-order valence-corrected chi connectivity index (χ3v) is 4.92. The molecule has 1 aliphatic heterocycles. The quantitative estimate of drug-likeness (QED) is 0.661. The minimum Gasteiger partial charge on any atom is -0.349 e. The summed E-state index contributed by atoms with van der Waals surface area (Å²) in [6.07, 6.45) is 1.81. The Bertz CT molecular complexity index is 781. The summed E-state index contributed by atoms with van der Waals surface area (Å²) < 4.78 is 0. The molecule has 0 radical (unpaired) electrons. The molecule has 26 heavy (non-hydrogen) atoms. The number of nitro benzene ring substituents is 1. The molecule has 0 bridgehead atoms. The van der Waals surface area contributed by atoms with E-state index in [1.807, 2.05) is 0 Å². The van der Waals surface area contributed by atoms with Gasteiger partial charge in [0, 0.05) is 43.4 Å². The van der Waals surface area contributed by atoms with E-state index in [1.165, 1.54) is 35.4 Å². The number of amides is 1. The predicted molar refractivity (Wildman–Crippen MR) is 100 cm³/mol. The van der Waals surface area contributed by atoms with Crippen molar-refractivity contribution in [3.8, 4) is 0 Å². The lowest BCUT2D eigenvalue weighted by Crippen LogP contribution is -2.44. The highest BCUT2D eigenvalue weighted by Gasteiger charge is 2.21. The Morgan fingerprint density at radius 3 is 2.42 bits per heavy atom. The number of hydrogen-bond acceptors (Lipinski definition) is 4. The van der Waals surface area contributed by atoms with E-state index >= 15 is 0 Å². The van der Waals surface area contributed by atoms with E-state index in [-0.39, 0.29) is 17.6 Å². The first-order chi connectivity index (χ1) is 12.5. The first-order valence-electron chi connectivity index (χ1n) is 8.85. The largest absolute Gasteiger partial charge is 0.349 e. The van der Waals surface area contributed by atoms with Crippen molar-refractivity contribution >= 4 is 11.6 Å². The van der Waals surface area contributed by atoms with E-state index < -0.39 is 4.92 Å². The number of likely N-dealkylation sites (tertiary alicyclic amines) is 1. The first-order valence-corrected chi connectivity index (χ1v) is 8.85. The van der Waals surface area contributed by atoms with Crippen molar-refractivity contribution in [2.45, 2.75) is 32.4 Å². The lowest BCUT2D eigenvalue weighted by atomic mass is 10.0. The van der Waals surface area contributed by atoms with Crippen LogP contribution in [0.25, 0.3) is 0 Å². The number of nitro groups is 1. The zero-order valence-corrected chi connectivity index (χ0v) is 14.9. The van der Waals surface area contributed by atoms with Crippen LogP contribution in [-0.2, 0) is 6.54 Å². The van der Waals surface area contributed by atoms with Crippen LogP contribution in [-0.4, -0.2) is 34.9 Å². The van der Waals surface area contributed by atoms with Gasteiger partial charge in [-0.25, -0.2) is 0 Å². The number of hydrogen-bond donors (Lipinski definition) is 1. The molecular weight excluding hydrogens is 330 g/mol. The Morgan fingerprint density at radius 1 is 1.15 bits per heavy atom. The monoisotopic (exact) mass is 353 g/mol. The minimum atomic E-state index is -0.466. The molecule has 136 valence electrons. The maximum atomic E-state index is 12.3. The second kappa shape index (κ2) is 8.10. The van der Waals surface area contributed by atoms with Gasteiger partial charge in [0.2, 0.25) is 0 Å². The average molecular weight is 353 g/mol. The van der Waals surface area contributed by atoms with Crippen LogP contribution >= 0.6 is 0 Å². The number of nitrogens with one attached hydrogen (secondary N) is 1. The molecule has 6 nitrogen and oxygen atoms in total. The molecule has 2 aromatic rings. The van der Waals surface area contributed by atoms with Gasteiger partial charge in [-0.05, 0) is 43.0 Å². The molecule has 3 rings (SSSR count). The molecular formula is C20H23N3O3. The topological polar surface area (TPSA) is 75.5 Å². The van der Waals surface area contributed by atoms with Crippen LogP contribution in [0.4, 0.5) is 5.69 Å². The summed E-state index contributed by atoms with van der Waals surface area (Å²) in [5, 5.41) is 13.7. The van der Waals surface area contributed by atoms with Gasteiger partial charge in [-0.15, -0.1) is 0 Å². The van der Waals surface area contributed by atoms with Gasteiger partial charge in [-0.1, -0.05) is 24.3 Å². The van der Waals surface area contributed by atoms with E-state index in [2.05, 4.69) is 41.4 Å². The van der Waals surface area contributed by atoms with Crippen molar-refractivity contribution in [1.29, 1.82) is 0 Å². The summed E-state index contributed by atoms with van der Waals surface area (Å²) in [5.74, 6) is -0.169. The summed E-state index contributed by atoms with van der Waals surface area (Å²) in [4.78, 5) is 24.9. The molecule has 0 atom stereocenters. The molecule has 0 spiro atoms. The van der Waals surface area contributed by atoms with Crippen LogP contribution in [0.15, 0.2) is 48.5 Å². The highest BCUT2D eigenvalue weighted by molar-refractivity contribution is 5.94. The van der Waals surface area contributed by atoms with E-state index in [9.17, 15) is 14.9 Å². The van der Waals surface area contributed by atoms with Gasteiger partial charge in [0.15, 0.2) is 0 Å². The van der Waals surface area contributed by atoms with Crippen LogP contribution in [0.5, 0.6) is 0 Å². The van der Waals surface area contributed by atoms with Gasteiger partial charge >= 0.3 is 0 Å². The van der Waals surface area contributed by atoms with Crippen molar-refractivity contribution in [3.63, 3.8) is 0 Å². The summed E-state index contributed by atoms with van der Waals surface area (Å²) in [5.41, 5.74) is 3.10. The van der Waals surface area contributed by atoms with Crippen LogP contribution in [0, 0.1) is 17.0 Å². The number of non-ortho nitro benzene ring substituents is 1. The second-order valence-electron chi connectivity index (χ2n) is 6.75. The van der Waals surface area contributed by atoms with Gasteiger partial charge < -0.3 is 5.32 Å². The highest BCUT2D eigenvalue weighted by atomic mass is 16.6. The molecule has 0 aromatic heterocycles. The number of benzene rings is 2. The number of carbonyl (C=O) groups excluding carboxylic acids is 1. The third kappa shape index (κ3) is 4.46. The molecule has 2 aromatic carbocycles. The Morgan fingerprint density at radius 2 is 1.81 bits per heavy atom. The van der Waals surface area contributed by atoms with Gasteiger partial charge in [0.25, 0.3) is 11.6 Å². The molecule has 1 aliphatic rings. The van der Waals surface area contributed by atoms with Crippen LogP contribution in [0.3, 0.4) is 0 Å². The van der Waals surface area contributed by atoms with E-state index in [0.717, 1.165) is 32.5 Å². The van der Waals surface area contributed by atoms with E-state index in [0.29, 0.717) is 5.56 Å². The standard InChI is InChI=1S/C20H23N3O3/c1-15-4-2-3-5-17(15)14-22-12-10-18(11-13-22)21-20(24)16-6-8-19(9-7-16)23(25)26/h2-9,18H,10-14H2,1H3,(H,21,24). The molecule has 0 saturated carbocycles.